The molecule has 0 bridgehead atoms. The highest BCUT2D eigenvalue weighted by Gasteiger charge is 2.15. The van der Waals surface area contributed by atoms with E-state index >= 15 is 0 Å². The molecule has 0 saturated heterocycles. The minimum Gasteiger partial charge on any atom is -0.465 e. The number of esters is 1. The number of fused-ring (bicyclic) bond motifs is 1. The van der Waals surface area contributed by atoms with Crippen molar-refractivity contribution in [2.45, 2.75) is 11.9 Å². The Bertz CT molecular complexity index is 1110. The van der Waals surface area contributed by atoms with Crippen LogP contribution in [0.4, 0.5) is 5.69 Å². The van der Waals surface area contributed by atoms with Crippen LogP contribution in [0.5, 0.6) is 0 Å². The van der Waals surface area contributed by atoms with E-state index in [-0.39, 0.29) is 17.2 Å². The lowest BCUT2D eigenvalue weighted by atomic mass is 10.1. The average molecular weight is 391 g/mol. The number of para-hydroxylation sites is 1. The maximum atomic E-state index is 12.4. The third-order valence-electron chi connectivity index (χ3n) is 4.00. The first kappa shape index (κ1) is 19.4. The summed E-state index contributed by atoms with van der Waals surface area (Å²) in [4.78, 5) is 28.7. The Morgan fingerprint density at radius 2 is 2.00 bits per heavy atom. The van der Waals surface area contributed by atoms with Gasteiger partial charge in [-0.3, -0.25) is 4.79 Å². The summed E-state index contributed by atoms with van der Waals surface area (Å²) in [5, 5.41) is 13.5. The average Bonchev–Trinajstić information content (AvgIpc) is 2.71. The SMILES string of the molecule is COC(=O)c1ccccc1NC(=O)CSc1nc2ccc(C)cc2cc1C#N. The molecule has 140 valence electrons. The molecular weight excluding hydrogens is 374 g/mol. The second kappa shape index (κ2) is 8.55. The zero-order chi connectivity index (χ0) is 20.1. The van der Waals surface area contributed by atoms with Crippen LogP contribution in [0.15, 0.2) is 53.6 Å². The van der Waals surface area contributed by atoms with Gasteiger partial charge in [0.15, 0.2) is 0 Å². The van der Waals surface area contributed by atoms with Gasteiger partial charge in [-0.2, -0.15) is 5.26 Å². The zero-order valence-electron chi connectivity index (χ0n) is 15.4. The topological polar surface area (TPSA) is 92.1 Å². The van der Waals surface area contributed by atoms with Crippen LogP contribution >= 0.6 is 11.8 Å². The summed E-state index contributed by atoms with van der Waals surface area (Å²) in [6.07, 6.45) is 0. The molecule has 0 fully saturated rings. The molecule has 7 heteroatoms. The fourth-order valence-corrected chi connectivity index (χ4v) is 3.43. The summed E-state index contributed by atoms with van der Waals surface area (Å²) in [6.45, 7) is 1.98. The van der Waals surface area contributed by atoms with Crippen molar-refractivity contribution in [3.05, 3.63) is 65.2 Å². The Hall–Kier alpha value is -3.37. The van der Waals surface area contributed by atoms with E-state index in [0.717, 1.165) is 16.5 Å². The Morgan fingerprint density at radius 1 is 1.21 bits per heavy atom. The van der Waals surface area contributed by atoms with Gasteiger partial charge >= 0.3 is 5.97 Å². The molecule has 1 N–H and O–H groups in total. The Kier molecular flexibility index (Phi) is 5.92. The molecule has 0 aliphatic heterocycles. The van der Waals surface area contributed by atoms with E-state index in [2.05, 4.69) is 16.4 Å². The molecule has 0 unspecified atom stereocenters. The van der Waals surface area contributed by atoms with Crippen LogP contribution in [0.25, 0.3) is 10.9 Å². The number of methoxy groups -OCH3 is 1. The molecule has 3 aromatic rings. The van der Waals surface area contributed by atoms with Crippen LogP contribution in [0, 0.1) is 18.3 Å². The molecule has 1 heterocycles. The number of rotatable bonds is 5. The number of thioether (sulfide) groups is 1. The Labute approximate surface area is 166 Å². The predicted molar refractivity (Wildman–Crippen MR) is 108 cm³/mol. The van der Waals surface area contributed by atoms with E-state index < -0.39 is 5.97 Å². The van der Waals surface area contributed by atoms with Crippen molar-refractivity contribution in [1.29, 1.82) is 5.26 Å². The number of aryl methyl sites for hydroxylation is 1. The van der Waals surface area contributed by atoms with Gasteiger partial charge in [-0.1, -0.05) is 35.5 Å². The van der Waals surface area contributed by atoms with Gasteiger partial charge in [-0.05, 0) is 37.3 Å². The van der Waals surface area contributed by atoms with E-state index in [0.29, 0.717) is 16.3 Å². The summed E-state index contributed by atoms with van der Waals surface area (Å²) >= 11 is 1.18. The van der Waals surface area contributed by atoms with Crippen molar-refractivity contribution in [2.24, 2.45) is 0 Å². The number of nitrogens with zero attached hydrogens (tertiary/aromatic N) is 2. The van der Waals surface area contributed by atoms with Crippen molar-refractivity contribution in [2.75, 3.05) is 18.2 Å². The van der Waals surface area contributed by atoms with Crippen molar-refractivity contribution in [3.8, 4) is 6.07 Å². The lowest BCUT2D eigenvalue weighted by Gasteiger charge is -2.10. The number of anilines is 1. The van der Waals surface area contributed by atoms with Gasteiger partial charge in [0.25, 0.3) is 0 Å². The van der Waals surface area contributed by atoms with E-state index in [1.165, 1.54) is 18.9 Å². The highest BCUT2D eigenvalue weighted by molar-refractivity contribution is 8.00. The quantitative estimate of drug-likeness (QED) is 0.523. The summed E-state index contributed by atoms with van der Waals surface area (Å²) in [6, 6.07) is 16.3. The summed E-state index contributed by atoms with van der Waals surface area (Å²) in [7, 11) is 1.28. The normalized spacial score (nSPS) is 10.3. The van der Waals surface area contributed by atoms with Gasteiger partial charge in [0, 0.05) is 5.39 Å². The predicted octanol–water partition coefficient (Wildman–Crippen LogP) is 3.93. The molecule has 0 saturated carbocycles. The van der Waals surface area contributed by atoms with Gasteiger partial charge in [0.05, 0.1) is 35.2 Å². The van der Waals surface area contributed by atoms with Gasteiger partial charge in [0.1, 0.15) is 11.1 Å². The molecule has 6 nitrogen and oxygen atoms in total. The number of ether oxygens (including phenoxy) is 1. The van der Waals surface area contributed by atoms with Gasteiger partial charge in [-0.25, -0.2) is 9.78 Å². The zero-order valence-corrected chi connectivity index (χ0v) is 16.2. The number of hydrogen-bond donors (Lipinski definition) is 1. The molecule has 3 rings (SSSR count). The minimum atomic E-state index is -0.526. The standard InChI is InChI=1S/C21H17N3O3S/c1-13-7-8-17-14(9-13)10-15(11-22)20(24-17)28-12-19(25)23-18-6-4-3-5-16(18)21(26)27-2/h3-10H,12H2,1-2H3,(H,23,25). The molecule has 0 aliphatic carbocycles. The lowest BCUT2D eigenvalue weighted by Crippen LogP contribution is -2.17. The van der Waals surface area contributed by atoms with Crippen LogP contribution in [0.2, 0.25) is 0 Å². The van der Waals surface area contributed by atoms with E-state index in [1.807, 2.05) is 25.1 Å². The minimum absolute atomic E-state index is 0.0502. The number of carbonyl (C=O) groups excluding carboxylic acids is 2. The van der Waals surface area contributed by atoms with Crippen LogP contribution in [0.3, 0.4) is 0 Å². The monoisotopic (exact) mass is 391 g/mol. The maximum Gasteiger partial charge on any atom is 0.339 e. The van der Waals surface area contributed by atoms with Gasteiger partial charge in [-0.15, -0.1) is 0 Å². The number of hydrogen-bond acceptors (Lipinski definition) is 6. The first-order valence-corrected chi connectivity index (χ1v) is 9.42. The van der Waals surface area contributed by atoms with Crippen LogP contribution in [-0.4, -0.2) is 29.7 Å². The summed E-state index contributed by atoms with van der Waals surface area (Å²) < 4.78 is 4.73. The van der Waals surface area contributed by atoms with Crippen molar-refractivity contribution < 1.29 is 14.3 Å². The van der Waals surface area contributed by atoms with E-state index in [9.17, 15) is 14.9 Å². The first-order valence-electron chi connectivity index (χ1n) is 8.43. The Balaban J connectivity index is 1.76. The summed E-state index contributed by atoms with van der Waals surface area (Å²) in [5.41, 5.74) is 2.93. The second-order valence-corrected chi connectivity index (χ2v) is 6.99. The molecule has 0 spiro atoms. The molecular formula is C21H17N3O3S. The van der Waals surface area contributed by atoms with E-state index in [1.54, 1.807) is 30.3 Å². The molecule has 2 aromatic carbocycles. The number of amides is 1. The fourth-order valence-electron chi connectivity index (χ4n) is 2.67. The maximum absolute atomic E-state index is 12.4. The van der Waals surface area contributed by atoms with Crippen molar-refractivity contribution in [1.82, 2.24) is 4.98 Å². The number of benzene rings is 2. The van der Waals surface area contributed by atoms with E-state index in [4.69, 9.17) is 4.74 Å². The van der Waals surface area contributed by atoms with Gasteiger partial charge in [0.2, 0.25) is 5.91 Å². The third kappa shape index (κ3) is 4.30. The molecule has 0 aliphatic rings. The van der Waals surface area contributed by atoms with Crippen LogP contribution < -0.4 is 5.32 Å². The second-order valence-electron chi connectivity index (χ2n) is 6.02. The number of nitriles is 1. The summed E-state index contributed by atoms with van der Waals surface area (Å²) in [5.74, 6) is -0.785. The number of carbonyl (C=O) groups is 2. The molecule has 0 atom stereocenters. The highest BCUT2D eigenvalue weighted by Crippen LogP contribution is 2.25. The van der Waals surface area contributed by atoms with Crippen LogP contribution in [0.1, 0.15) is 21.5 Å². The fraction of sp³-hybridized carbons (Fsp3) is 0.143. The molecule has 1 aromatic heterocycles. The van der Waals surface area contributed by atoms with Gasteiger partial charge < -0.3 is 10.1 Å². The largest absolute Gasteiger partial charge is 0.465 e. The molecule has 0 radical (unpaired) electrons. The number of aromatic nitrogens is 1. The lowest BCUT2D eigenvalue weighted by molar-refractivity contribution is -0.113. The van der Waals surface area contributed by atoms with Crippen molar-refractivity contribution >= 4 is 40.2 Å². The van der Waals surface area contributed by atoms with Crippen LogP contribution in [-0.2, 0) is 9.53 Å². The first-order chi connectivity index (χ1) is 13.5. The third-order valence-corrected chi connectivity index (χ3v) is 4.99. The van der Waals surface area contributed by atoms with Crippen molar-refractivity contribution in [3.63, 3.8) is 0 Å². The smallest absolute Gasteiger partial charge is 0.339 e. The number of nitrogens with one attached hydrogen (secondary N) is 1. The Morgan fingerprint density at radius 3 is 2.75 bits per heavy atom. The highest BCUT2D eigenvalue weighted by atomic mass is 32.2. The molecule has 1 amide bonds. The molecule has 28 heavy (non-hydrogen) atoms. The number of pyridine rings is 1.